The van der Waals surface area contributed by atoms with Crippen LogP contribution in [0.1, 0.15) is 33.1 Å². The van der Waals surface area contributed by atoms with Gasteiger partial charge in [0.25, 0.3) is 0 Å². The van der Waals surface area contributed by atoms with E-state index in [0.29, 0.717) is 12.0 Å². The Morgan fingerprint density at radius 2 is 2.29 bits per heavy atom. The van der Waals surface area contributed by atoms with Crippen LogP contribution in [0, 0.1) is 5.92 Å². The van der Waals surface area contributed by atoms with Crippen molar-refractivity contribution in [2.45, 2.75) is 45.2 Å². The van der Waals surface area contributed by atoms with Crippen LogP contribution < -0.4 is 10.6 Å². The smallest absolute Gasteiger partial charge is 0.237 e. The molecule has 2 aliphatic rings. The molecule has 0 aromatic rings. The Kier molecular flexibility index (Phi) is 4.40. The summed E-state index contributed by atoms with van der Waals surface area (Å²) in [6.45, 7) is 8.42. The minimum absolute atomic E-state index is 0.0338. The summed E-state index contributed by atoms with van der Waals surface area (Å²) in [4.78, 5) is 14.5. The van der Waals surface area contributed by atoms with Crippen molar-refractivity contribution in [1.29, 1.82) is 0 Å². The lowest BCUT2D eigenvalue weighted by Gasteiger charge is -2.24. The molecule has 4 nitrogen and oxygen atoms in total. The summed E-state index contributed by atoms with van der Waals surface area (Å²) < 4.78 is 0. The van der Waals surface area contributed by atoms with Gasteiger partial charge in [-0.05, 0) is 44.8 Å². The average Bonchev–Trinajstić information content (AvgIpc) is 2.94. The van der Waals surface area contributed by atoms with Gasteiger partial charge < -0.3 is 10.6 Å². The first-order chi connectivity index (χ1) is 8.22. The van der Waals surface area contributed by atoms with Gasteiger partial charge >= 0.3 is 0 Å². The van der Waals surface area contributed by atoms with E-state index in [-0.39, 0.29) is 11.9 Å². The summed E-state index contributed by atoms with van der Waals surface area (Å²) in [7, 11) is 0. The Labute approximate surface area is 104 Å². The van der Waals surface area contributed by atoms with Crippen molar-refractivity contribution in [2.75, 3.05) is 26.2 Å². The average molecular weight is 239 g/mol. The third kappa shape index (κ3) is 2.99. The fourth-order valence-electron chi connectivity index (χ4n) is 3.06. The molecule has 0 aromatic carbocycles. The monoisotopic (exact) mass is 239 g/mol. The second-order valence-corrected chi connectivity index (χ2v) is 5.37. The summed E-state index contributed by atoms with van der Waals surface area (Å²) in [5.41, 5.74) is 0. The molecule has 3 atom stereocenters. The normalized spacial score (nSPS) is 34.1. The fraction of sp³-hybridized carbons (Fsp3) is 0.923. The van der Waals surface area contributed by atoms with Gasteiger partial charge in [-0.15, -0.1) is 0 Å². The van der Waals surface area contributed by atoms with E-state index in [1.807, 2.05) is 0 Å². The minimum atomic E-state index is 0.0338. The van der Waals surface area contributed by atoms with Crippen LogP contribution in [-0.4, -0.2) is 49.1 Å². The van der Waals surface area contributed by atoms with E-state index in [2.05, 4.69) is 29.4 Å². The minimum Gasteiger partial charge on any atom is -0.353 e. The molecule has 3 unspecified atom stereocenters. The molecule has 4 heteroatoms. The quantitative estimate of drug-likeness (QED) is 0.754. The van der Waals surface area contributed by atoms with Crippen LogP contribution in [0.4, 0.5) is 0 Å². The SMILES string of the molecule is CCN1CCCC1CNC(=O)C1NCCC1C. The molecule has 1 amide bonds. The summed E-state index contributed by atoms with van der Waals surface area (Å²) in [6, 6.07) is 0.590. The molecule has 0 aliphatic carbocycles. The van der Waals surface area contributed by atoms with E-state index in [1.54, 1.807) is 0 Å². The standard InChI is InChI=1S/C13H25N3O/c1-3-16-8-4-5-11(16)9-15-13(17)12-10(2)6-7-14-12/h10-12,14H,3-9H2,1-2H3,(H,15,17). The van der Waals surface area contributed by atoms with Gasteiger partial charge in [0.05, 0.1) is 6.04 Å². The lowest BCUT2D eigenvalue weighted by molar-refractivity contribution is -0.123. The van der Waals surface area contributed by atoms with E-state index >= 15 is 0 Å². The number of nitrogens with zero attached hydrogens (tertiary/aromatic N) is 1. The molecule has 2 N–H and O–H groups in total. The van der Waals surface area contributed by atoms with Crippen LogP contribution >= 0.6 is 0 Å². The maximum Gasteiger partial charge on any atom is 0.237 e. The third-order valence-electron chi connectivity index (χ3n) is 4.23. The van der Waals surface area contributed by atoms with Gasteiger partial charge in [-0.25, -0.2) is 0 Å². The molecule has 98 valence electrons. The van der Waals surface area contributed by atoms with Crippen molar-refractivity contribution in [3.05, 3.63) is 0 Å². The number of hydrogen-bond acceptors (Lipinski definition) is 3. The highest BCUT2D eigenvalue weighted by Crippen LogP contribution is 2.17. The Morgan fingerprint density at radius 1 is 1.47 bits per heavy atom. The van der Waals surface area contributed by atoms with Crippen molar-refractivity contribution >= 4 is 5.91 Å². The highest BCUT2D eigenvalue weighted by atomic mass is 16.2. The van der Waals surface area contributed by atoms with Crippen LogP contribution in [0.2, 0.25) is 0 Å². The number of carbonyl (C=O) groups excluding carboxylic acids is 1. The third-order valence-corrected chi connectivity index (χ3v) is 4.23. The Morgan fingerprint density at radius 3 is 2.94 bits per heavy atom. The number of amides is 1. The van der Waals surface area contributed by atoms with Gasteiger partial charge in [0, 0.05) is 12.6 Å². The number of carbonyl (C=O) groups is 1. The summed E-state index contributed by atoms with van der Waals surface area (Å²) >= 11 is 0. The first kappa shape index (κ1) is 12.8. The molecule has 17 heavy (non-hydrogen) atoms. The maximum absolute atomic E-state index is 12.0. The zero-order valence-corrected chi connectivity index (χ0v) is 11.0. The number of likely N-dealkylation sites (tertiary alicyclic amines) is 1. The first-order valence-corrected chi connectivity index (χ1v) is 6.97. The van der Waals surface area contributed by atoms with Crippen LogP contribution in [0.5, 0.6) is 0 Å². The second kappa shape index (κ2) is 5.83. The number of nitrogens with one attached hydrogen (secondary N) is 2. The van der Waals surface area contributed by atoms with Crippen LogP contribution in [0.15, 0.2) is 0 Å². The predicted molar refractivity (Wildman–Crippen MR) is 68.9 cm³/mol. The lowest BCUT2D eigenvalue weighted by Crippen LogP contribution is -2.47. The first-order valence-electron chi connectivity index (χ1n) is 6.97. The molecule has 0 bridgehead atoms. The summed E-state index contributed by atoms with van der Waals surface area (Å²) in [5, 5.41) is 6.40. The van der Waals surface area contributed by atoms with Crippen LogP contribution in [-0.2, 0) is 4.79 Å². The molecular formula is C13H25N3O. The van der Waals surface area contributed by atoms with E-state index in [0.717, 1.165) is 26.1 Å². The predicted octanol–water partition coefficient (Wildman–Crippen LogP) is 0.585. The van der Waals surface area contributed by atoms with Gasteiger partial charge in [-0.3, -0.25) is 9.69 Å². The highest BCUT2D eigenvalue weighted by molar-refractivity contribution is 5.82. The van der Waals surface area contributed by atoms with Crippen LogP contribution in [0.25, 0.3) is 0 Å². The van der Waals surface area contributed by atoms with Crippen LogP contribution in [0.3, 0.4) is 0 Å². The van der Waals surface area contributed by atoms with Gasteiger partial charge in [-0.2, -0.15) is 0 Å². The Bertz CT molecular complexity index is 269. The van der Waals surface area contributed by atoms with E-state index < -0.39 is 0 Å². The summed E-state index contributed by atoms with van der Waals surface area (Å²) in [5.74, 6) is 0.666. The van der Waals surface area contributed by atoms with Crippen molar-refractivity contribution in [1.82, 2.24) is 15.5 Å². The van der Waals surface area contributed by atoms with Gasteiger partial charge in [0.15, 0.2) is 0 Å². The van der Waals surface area contributed by atoms with E-state index in [9.17, 15) is 4.79 Å². The van der Waals surface area contributed by atoms with Crippen molar-refractivity contribution < 1.29 is 4.79 Å². The van der Waals surface area contributed by atoms with Crippen molar-refractivity contribution in [3.63, 3.8) is 0 Å². The molecule has 2 rings (SSSR count). The number of hydrogen-bond donors (Lipinski definition) is 2. The zero-order chi connectivity index (χ0) is 12.3. The van der Waals surface area contributed by atoms with Gasteiger partial charge in [0.1, 0.15) is 0 Å². The Balaban J connectivity index is 1.76. The molecular weight excluding hydrogens is 214 g/mol. The van der Waals surface area contributed by atoms with E-state index in [4.69, 9.17) is 0 Å². The van der Waals surface area contributed by atoms with Crippen molar-refractivity contribution in [3.8, 4) is 0 Å². The molecule has 0 spiro atoms. The maximum atomic E-state index is 12.0. The molecule has 0 saturated carbocycles. The van der Waals surface area contributed by atoms with Gasteiger partial charge in [-0.1, -0.05) is 13.8 Å². The summed E-state index contributed by atoms with van der Waals surface area (Å²) in [6.07, 6.45) is 3.61. The molecule has 0 aromatic heterocycles. The highest BCUT2D eigenvalue weighted by Gasteiger charge is 2.30. The molecule has 2 fully saturated rings. The second-order valence-electron chi connectivity index (χ2n) is 5.37. The number of likely N-dealkylation sites (N-methyl/N-ethyl adjacent to an activating group) is 1. The molecule has 2 saturated heterocycles. The topological polar surface area (TPSA) is 44.4 Å². The van der Waals surface area contributed by atoms with E-state index in [1.165, 1.54) is 19.4 Å². The largest absolute Gasteiger partial charge is 0.353 e. The van der Waals surface area contributed by atoms with Crippen molar-refractivity contribution in [2.24, 2.45) is 5.92 Å². The lowest BCUT2D eigenvalue weighted by atomic mass is 10.0. The fourth-order valence-corrected chi connectivity index (χ4v) is 3.06. The zero-order valence-electron chi connectivity index (χ0n) is 11.0. The molecule has 0 radical (unpaired) electrons. The number of rotatable bonds is 4. The molecule has 2 aliphatic heterocycles. The molecule has 2 heterocycles. The Hall–Kier alpha value is -0.610. The van der Waals surface area contributed by atoms with Gasteiger partial charge in [0.2, 0.25) is 5.91 Å².